The fourth-order valence-electron chi connectivity index (χ4n) is 2.17. The Kier molecular flexibility index (Phi) is 6.89. The van der Waals surface area contributed by atoms with Gasteiger partial charge >= 0.3 is 11.9 Å². The minimum absolute atomic E-state index is 0.0734. The number of carbonyl (C=O) groups is 2. The molecule has 0 aliphatic carbocycles. The van der Waals surface area contributed by atoms with Gasteiger partial charge in [0.15, 0.2) is 6.61 Å². The number of hydrogen-bond acceptors (Lipinski definition) is 3. The molecule has 136 valence electrons. The molecule has 3 aromatic rings. The van der Waals surface area contributed by atoms with Gasteiger partial charge in [-0.25, -0.2) is 4.79 Å². The molecule has 0 saturated heterocycles. The highest BCUT2D eigenvalue weighted by molar-refractivity contribution is 6.35. The molecule has 3 N–H and O–H groups in total. The molecule has 0 radical (unpaired) electrons. The summed E-state index contributed by atoms with van der Waals surface area (Å²) in [5, 5.41) is 18.7. The number of aromatic nitrogens is 1. The first kappa shape index (κ1) is 19.6. The van der Waals surface area contributed by atoms with Gasteiger partial charge in [0.1, 0.15) is 5.75 Å². The van der Waals surface area contributed by atoms with Gasteiger partial charge in [0.25, 0.3) is 0 Å². The zero-order chi connectivity index (χ0) is 19.1. The Bertz CT molecular complexity index is 923. The van der Waals surface area contributed by atoms with Crippen molar-refractivity contribution in [1.29, 1.82) is 0 Å². The summed E-state index contributed by atoms with van der Waals surface area (Å²) < 4.78 is 4.86. The number of aromatic amines is 1. The number of aliphatic carboxylic acids is 2. The molecule has 0 fully saturated rings. The van der Waals surface area contributed by atoms with E-state index >= 15 is 0 Å². The number of H-pyrrole nitrogens is 1. The number of rotatable bonds is 5. The molecule has 0 unspecified atom stereocenters. The van der Waals surface area contributed by atoms with Crippen LogP contribution in [0.25, 0.3) is 10.9 Å². The Morgan fingerprint density at radius 2 is 1.77 bits per heavy atom. The van der Waals surface area contributed by atoms with Gasteiger partial charge in [-0.05, 0) is 29.8 Å². The minimum Gasteiger partial charge on any atom is -0.481 e. The van der Waals surface area contributed by atoms with Crippen molar-refractivity contribution in [2.45, 2.75) is 6.42 Å². The van der Waals surface area contributed by atoms with Gasteiger partial charge in [-0.3, -0.25) is 4.79 Å². The summed E-state index contributed by atoms with van der Waals surface area (Å²) in [5.41, 5.74) is 1.82. The van der Waals surface area contributed by atoms with Crippen LogP contribution < -0.4 is 4.74 Å². The van der Waals surface area contributed by atoms with Gasteiger partial charge in [-0.15, -0.1) is 0 Å². The van der Waals surface area contributed by atoms with E-state index in [1.165, 1.54) is 12.1 Å². The number of carboxylic acids is 2. The monoisotopic (exact) mass is 395 g/mol. The lowest BCUT2D eigenvalue weighted by Crippen LogP contribution is -2.09. The van der Waals surface area contributed by atoms with Gasteiger partial charge in [0.05, 0.1) is 11.4 Å². The molecule has 0 bridgehead atoms. The summed E-state index contributed by atoms with van der Waals surface area (Å²) in [5.74, 6) is -1.54. The van der Waals surface area contributed by atoms with E-state index in [4.69, 9.17) is 38.2 Å². The van der Waals surface area contributed by atoms with Gasteiger partial charge in [0, 0.05) is 22.1 Å². The van der Waals surface area contributed by atoms with Crippen LogP contribution in [0, 0.1) is 0 Å². The molecule has 6 nitrogen and oxygen atoms in total. The maximum atomic E-state index is 10.5. The first-order chi connectivity index (χ1) is 12.4. The summed E-state index contributed by atoms with van der Waals surface area (Å²) in [6, 6.07) is 12.3. The van der Waals surface area contributed by atoms with Crippen molar-refractivity contribution in [1.82, 2.24) is 4.98 Å². The van der Waals surface area contributed by atoms with E-state index in [0.717, 1.165) is 16.5 Å². The first-order valence-corrected chi connectivity index (χ1v) is 8.19. The summed E-state index contributed by atoms with van der Waals surface area (Å²) in [7, 11) is 0. The quantitative estimate of drug-likeness (QED) is 0.599. The van der Waals surface area contributed by atoms with Crippen LogP contribution in [0.5, 0.6) is 5.75 Å². The number of hydrogen-bond donors (Lipinski definition) is 3. The van der Waals surface area contributed by atoms with E-state index in [2.05, 4.69) is 4.98 Å². The lowest BCUT2D eigenvalue weighted by atomic mass is 10.1. The average Bonchev–Trinajstić information content (AvgIpc) is 2.97. The highest BCUT2D eigenvalue weighted by Gasteiger charge is 2.06. The maximum absolute atomic E-state index is 10.5. The minimum atomic E-state index is -1.05. The van der Waals surface area contributed by atoms with Crippen molar-refractivity contribution in [3.05, 3.63) is 64.3 Å². The van der Waals surface area contributed by atoms with Crippen LogP contribution in [-0.4, -0.2) is 33.7 Å². The molecule has 0 spiro atoms. The summed E-state index contributed by atoms with van der Waals surface area (Å²) in [4.78, 5) is 23.7. The molecule has 0 aliphatic rings. The average molecular weight is 396 g/mol. The molecular formula is C18H15Cl2NO5. The van der Waals surface area contributed by atoms with Gasteiger partial charge in [0.2, 0.25) is 0 Å². The Labute approximate surface area is 158 Å². The highest BCUT2D eigenvalue weighted by Crippen LogP contribution is 2.27. The molecule has 1 heterocycles. The molecule has 0 amide bonds. The Balaban J connectivity index is 0.000000187. The largest absolute Gasteiger partial charge is 0.481 e. The highest BCUT2D eigenvalue weighted by atomic mass is 35.5. The van der Waals surface area contributed by atoms with E-state index in [1.54, 1.807) is 12.3 Å². The summed E-state index contributed by atoms with van der Waals surface area (Å²) >= 11 is 11.3. The van der Waals surface area contributed by atoms with E-state index in [0.29, 0.717) is 15.8 Å². The maximum Gasteiger partial charge on any atom is 0.341 e. The number of ether oxygens (including phenoxy) is 1. The standard InChI is InChI=1S/C10H9NO2.C8H6Cl2O3/c12-10(13)5-7-6-11-9-4-2-1-3-8(7)9;9-5-1-2-7(6(10)3-5)13-4-8(11)12/h1-4,6,11H,5H2,(H,12,13);1-3H,4H2,(H,11,12). The van der Waals surface area contributed by atoms with E-state index in [1.807, 2.05) is 24.3 Å². The van der Waals surface area contributed by atoms with Crippen molar-refractivity contribution in [2.75, 3.05) is 6.61 Å². The van der Waals surface area contributed by atoms with Crippen LogP contribution >= 0.6 is 23.2 Å². The van der Waals surface area contributed by atoms with Crippen molar-refractivity contribution in [2.24, 2.45) is 0 Å². The van der Waals surface area contributed by atoms with Crippen LogP contribution in [0.2, 0.25) is 10.0 Å². The van der Waals surface area contributed by atoms with Gasteiger partial charge in [-0.1, -0.05) is 41.4 Å². The van der Waals surface area contributed by atoms with Crippen molar-refractivity contribution in [3.63, 3.8) is 0 Å². The predicted octanol–water partition coefficient (Wildman–Crippen LogP) is 4.25. The number of halogens is 2. The number of carboxylic acid groups (broad SMARTS) is 2. The molecule has 1 aromatic heterocycles. The topological polar surface area (TPSA) is 99.6 Å². The third-order valence-corrected chi connectivity index (χ3v) is 3.79. The molecule has 3 rings (SSSR count). The third kappa shape index (κ3) is 5.68. The Morgan fingerprint density at radius 3 is 2.42 bits per heavy atom. The number of para-hydroxylation sites is 1. The Hall–Kier alpha value is -2.70. The number of benzene rings is 2. The van der Waals surface area contributed by atoms with Crippen molar-refractivity contribution >= 4 is 46.0 Å². The molecule has 26 heavy (non-hydrogen) atoms. The van der Waals surface area contributed by atoms with Crippen molar-refractivity contribution in [3.8, 4) is 5.75 Å². The second-order valence-corrected chi connectivity index (χ2v) is 6.03. The fraction of sp³-hybridized carbons (Fsp3) is 0.111. The summed E-state index contributed by atoms with van der Waals surface area (Å²) in [6.45, 7) is -0.415. The van der Waals surface area contributed by atoms with E-state index in [9.17, 15) is 9.59 Å². The molecule has 0 atom stereocenters. The number of nitrogens with one attached hydrogen (secondary N) is 1. The SMILES string of the molecule is O=C(O)COc1ccc(Cl)cc1Cl.O=C(O)Cc1c[nH]c2ccccc12. The zero-order valence-electron chi connectivity index (χ0n) is 13.4. The van der Waals surface area contributed by atoms with Gasteiger partial charge in [-0.2, -0.15) is 0 Å². The van der Waals surface area contributed by atoms with Crippen LogP contribution in [0.1, 0.15) is 5.56 Å². The van der Waals surface area contributed by atoms with Crippen LogP contribution in [0.3, 0.4) is 0 Å². The van der Waals surface area contributed by atoms with Crippen LogP contribution in [0.15, 0.2) is 48.7 Å². The lowest BCUT2D eigenvalue weighted by molar-refractivity contribution is -0.139. The molecular weight excluding hydrogens is 381 g/mol. The normalized spacial score (nSPS) is 10.1. The number of fused-ring (bicyclic) bond motifs is 1. The van der Waals surface area contributed by atoms with Crippen molar-refractivity contribution < 1.29 is 24.5 Å². The van der Waals surface area contributed by atoms with Crippen LogP contribution in [-0.2, 0) is 16.0 Å². The smallest absolute Gasteiger partial charge is 0.341 e. The molecule has 0 aliphatic heterocycles. The van der Waals surface area contributed by atoms with E-state index < -0.39 is 18.5 Å². The van der Waals surface area contributed by atoms with Gasteiger partial charge < -0.3 is 19.9 Å². The molecule has 0 saturated carbocycles. The zero-order valence-corrected chi connectivity index (χ0v) is 14.9. The van der Waals surface area contributed by atoms with Crippen LogP contribution in [0.4, 0.5) is 0 Å². The second-order valence-electron chi connectivity index (χ2n) is 5.19. The Morgan fingerprint density at radius 1 is 1.04 bits per heavy atom. The third-order valence-electron chi connectivity index (χ3n) is 3.26. The lowest BCUT2D eigenvalue weighted by Gasteiger charge is -2.04. The molecule has 8 heteroatoms. The van der Waals surface area contributed by atoms with E-state index in [-0.39, 0.29) is 6.42 Å². The molecule has 2 aromatic carbocycles. The fourth-order valence-corrected chi connectivity index (χ4v) is 2.64. The predicted molar refractivity (Wildman–Crippen MR) is 99.2 cm³/mol. The first-order valence-electron chi connectivity index (χ1n) is 7.43. The second kappa shape index (κ2) is 9.12. The summed E-state index contributed by atoms with van der Waals surface area (Å²) in [6.07, 6.45) is 1.82.